The van der Waals surface area contributed by atoms with Crippen LogP contribution >= 0.6 is 0 Å². The fraction of sp³-hybridized carbons (Fsp3) is 0.579. The average Bonchev–Trinajstić information content (AvgIpc) is 3.13. The lowest BCUT2D eigenvalue weighted by molar-refractivity contribution is 0.0618. The minimum atomic E-state index is -0.0610. The Hall–Kier alpha value is -2.12. The summed E-state index contributed by atoms with van der Waals surface area (Å²) in [5.74, 6) is 0.552. The molecule has 5 heterocycles. The first-order chi connectivity index (χ1) is 12.8. The first-order valence-corrected chi connectivity index (χ1v) is 9.62. The normalized spacial score (nSPS) is 28.5. The van der Waals surface area contributed by atoms with Crippen LogP contribution in [0.25, 0.3) is 10.9 Å². The number of amides is 1. The number of piperidine rings is 3. The maximum atomic E-state index is 12.8. The Bertz CT molecular complexity index is 805. The molecule has 4 aliphatic heterocycles. The molecule has 4 saturated heterocycles. The van der Waals surface area contributed by atoms with Gasteiger partial charge in [0.05, 0.1) is 18.7 Å². The summed E-state index contributed by atoms with van der Waals surface area (Å²) >= 11 is 0. The molecule has 2 aromatic rings. The number of ether oxygens (including phenoxy) is 1. The second kappa shape index (κ2) is 6.55. The van der Waals surface area contributed by atoms with E-state index in [1.807, 2.05) is 6.07 Å². The molecule has 2 N–H and O–H groups in total. The third kappa shape index (κ3) is 2.85. The molecule has 26 heavy (non-hydrogen) atoms. The number of H-pyrrole nitrogens is 1. The lowest BCUT2D eigenvalue weighted by Crippen LogP contribution is -2.57. The summed E-state index contributed by atoms with van der Waals surface area (Å²) in [5, 5.41) is 11.5. The molecule has 6 rings (SSSR count). The van der Waals surface area contributed by atoms with Crippen molar-refractivity contribution in [2.45, 2.75) is 18.9 Å². The van der Waals surface area contributed by atoms with Gasteiger partial charge in [0.2, 0.25) is 0 Å². The average molecular weight is 355 g/mol. The third-order valence-electron chi connectivity index (χ3n) is 6.11. The van der Waals surface area contributed by atoms with Crippen LogP contribution in [0, 0.1) is 5.92 Å². The topological polar surface area (TPSA) is 73.5 Å². The number of rotatable bonds is 3. The van der Waals surface area contributed by atoms with Gasteiger partial charge >= 0.3 is 0 Å². The van der Waals surface area contributed by atoms with Crippen molar-refractivity contribution in [1.82, 2.24) is 20.4 Å². The number of benzene rings is 1. The fourth-order valence-electron chi connectivity index (χ4n) is 4.56. The number of nitrogens with one attached hydrogen (secondary N) is 2. The van der Waals surface area contributed by atoms with Gasteiger partial charge in [-0.25, -0.2) is 0 Å². The molecule has 0 saturated carbocycles. The molecule has 138 valence electrons. The molecule has 0 spiro atoms. The number of nitrogens with zero attached hydrogens (tertiary/aromatic N) is 3. The van der Waals surface area contributed by atoms with E-state index in [1.165, 1.54) is 25.9 Å². The molecule has 4 aliphatic rings. The van der Waals surface area contributed by atoms with Crippen LogP contribution in [-0.2, 0) is 4.74 Å². The van der Waals surface area contributed by atoms with E-state index in [9.17, 15) is 4.79 Å². The van der Waals surface area contributed by atoms with Crippen molar-refractivity contribution >= 4 is 22.5 Å². The van der Waals surface area contributed by atoms with Crippen molar-refractivity contribution in [3.8, 4) is 0 Å². The number of aromatic nitrogens is 2. The third-order valence-corrected chi connectivity index (χ3v) is 6.11. The molecule has 1 aromatic heterocycles. The quantitative estimate of drug-likeness (QED) is 0.866. The molecular formula is C19H25N5O2. The molecule has 1 atom stereocenters. The highest BCUT2D eigenvalue weighted by molar-refractivity contribution is 6.05. The zero-order valence-electron chi connectivity index (χ0n) is 14.9. The van der Waals surface area contributed by atoms with E-state index in [2.05, 4.69) is 37.4 Å². The second-order valence-electron chi connectivity index (χ2n) is 7.62. The molecule has 1 unspecified atom stereocenters. The van der Waals surface area contributed by atoms with Gasteiger partial charge in [-0.1, -0.05) is 0 Å². The second-order valence-corrected chi connectivity index (χ2v) is 7.62. The van der Waals surface area contributed by atoms with E-state index in [-0.39, 0.29) is 11.9 Å². The summed E-state index contributed by atoms with van der Waals surface area (Å²) < 4.78 is 5.42. The highest BCUT2D eigenvalue weighted by Gasteiger charge is 2.35. The summed E-state index contributed by atoms with van der Waals surface area (Å²) in [5.41, 5.74) is 2.56. The predicted molar refractivity (Wildman–Crippen MR) is 99.5 cm³/mol. The van der Waals surface area contributed by atoms with Crippen LogP contribution in [0.1, 0.15) is 23.3 Å². The maximum absolute atomic E-state index is 12.8. The summed E-state index contributed by atoms with van der Waals surface area (Å²) in [6, 6.07) is 6.42. The van der Waals surface area contributed by atoms with Crippen molar-refractivity contribution in [2.24, 2.45) is 5.92 Å². The van der Waals surface area contributed by atoms with E-state index >= 15 is 0 Å². The Morgan fingerprint density at radius 3 is 2.73 bits per heavy atom. The van der Waals surface area contributed by atoms with Gasteiger partial charge in [0.25, 0.3) is 5.91 Å². The minimum Gasteiger partial charge on any atom is -0.378 e. The Balaban J connectivity index is 1.34. The SMILES string of the molecule is O=C(NC1CN2CCC1CC2)c1n[nH]c2cc(N3CCOCC3)ccc12. The molecule has 1 amide bonds. The number of carbonyl (C=O) groups is 1. The van der Waals surface area contributed by atoms with E-state index < -0.39 is 0 Å². The molecule has 7 nitrogen and oxygen atoms in total. The number of morpholine rings is 1. The highest BCUT2D eigenvalue weighted by atomic mass is 16.5. The van der Waals surface area contributed by atoms with Crippen LogP contribution in [0.3, 0.4) is 0 Å². The first kappa shape index (κ1) is 16.1. The number of hydrogen-bond donors (Lipinski definition) is 2. The highest BCUT2D eigenvalue weighted by Crippen LogP contribution is 2.28. The molecule has 1 aromatic carbocycles. The van der Waals surface area contributed by atoms with E-state index in [4.69, 9.17) is 4.74 Å². The molecule has 4 fully saturated rings. The van der Waals surface area contributed by atoms with Gasteiger partial charge in [0.1, 0.15) is 0 Å². The molecular weight excluding hydrogens is 330 g/mol. The van der Waals surface area contributed by atoms with Crippen LogP contribution in [0.4, 0.5) is 5.69 Å². The largest absolute Gasteiger partial charge is 0.378 e. The summed E-state index contributed by atoms with van der Waals surface area (Å²) in [7, 11) is 0. The van der Waals surface area contributed by atoms with Gasteiger partial charge in [-0.2, -0.15) is 5.10 Å². The van der Waals surface area contributed by atoms with Crippen molar-refractivity contribution in [3.63, 3.8) is 0 Å². The van der Waals surface area contributed by atoms with Crippen molar-refractivity contribution < 1.29 is 9.53 Å². The molecule has 7 heteroatoms. The Morgan fingerprint density at radius 1 is 1.19 bits per heavy atom. The van der Waals surface area contributed by atoms with Gasteiger partial charge < -0.3 is 19.9 Å². The summed E-state index contributed by atoms with van der Waals surface area (Å²) in [6.45, 7) is 6.63. The molecule has 2 bridgehead atoms. The van der Waals surface area contributed by atoms with Crippen LogP contribution in [0.15, 0.2) is 18.2 Å². The van der Waals surface area contributed by atoms with E-state index in [0.717, 1.165) is 49.4 Å². The van der Waals surface area contributed by atoms with Crippen molar-refractivity contribution in [1.29, 1.82) is 0 Å². The monoisotopic (exact) mass is 355 g/mol. The van der Waals surface area contributed by atoms with E-state index in [0.29, 0.717) is 11.6 Å². The van der Waals surface area contributed by atoms with Gasteiger partial charge in [0, 0.05) is 36.7 Å². The lowest BCUT2D eigenvalue weighted by Gasteiger charge is -2.44. The van der Waals surface area contributed by atoms with Crippen LogP contribution < -0.4 is 10.2 Å². The van der Waals surface area contributed by atoms with Crippen LogP contribution in [-0.4, -0.2) is 73.0 Å². The molecule has 0 aliphatic carbocycles. The standard InChI is InChI=1S/C19H25N5O2/c25-19(20-17-12-23-5-3-13(17)4-6-23)18-15-2-1-14(11-16(15)21-22-18)24-7-9-26-10-8-24/h1-2,11,13,17H,3-10,12H2,(H,20,25)(H,21,22). The van der Waals surface area contributed by atoms with Crippen LogP contribution in [0.5, 0.6) is 0 Å². The van der Waals surface area contributed by atoms with Gasteiger partial charge in [-0.05, 0) is 50.0 Å². The summed E-state index contributed by atoms with van der Waals surface area (Å²) in [6.07, 6.45) is 2.38. The maximum Gasteiger partial charge on any atom is 0.272 e. The predicted octanol–water partition coefficient (Wildman–Crippen LogP) is 1.22. The van der Waals surface area contributed by atoms with Gasteiger partial charge in [-0.3, -0.25) is 9.89 Å². The Labute approximate surface area is 152 Å². The van der Waals surface area contributed by atoms with Gasteiger partial charge in [-0.15, -0.1) is 0 Å². The number of hydrogen-bond acceptors (Lipinski definition) is 5. The zero-order valence-corrected chi connectivity index (χ0v) is 14.9. The van der Waals surface area contributed by atoms with Crippen molar-refractivity contribution in [3.05, 3.63) is 23.9 Å². The minimum absolute atomic E-state index is 0.0610. The number of carbonyl (C=O) groups excluding carboxylic acids is 1. The lowest BCUT2D eigenvalue weighted by atomic mass is 9.84. The Morgan fingerprint density at radius 2 is 2.00 bits per heavy atom. The number of anilines is 1. The van der Waals surface area contributed by atoms with E-state index in [1.54, 1.807) is 0 Å². The van der Waals surface area contributed by atoms with Crippen molar-refractivity contribution in [2.75, 3.05) is 50.8 Å². The number of aromatic amines is 1. The number of fused-ring (bicyclic) bond motifs is 4. The Kier molecular flexibility index (Phi) is 4.05. The van der Waals surface area contributed by atoms with Gasteiger partial charge in [0.15, 0.2) is 5.69 Å². The van der Waals surface area contributed by atoms with Crippen LogP contribution in [0.2, 0.25) is 0 Å². The zero-order chi connectivity index (χ0) is 17.5. The summed E-state index contributed by atoms with van der Waals surface area (Å²) in [4.78, 5) is 17.6. The molecule has 0 radical (unpaired) electrons. The fourth-order valence-corrected chi connectivity index (χ4v) is 4.56. The first-order valence-electron chi connectivity index (χ1n) is 9.62. The smallest absolute Gasteiger partial charge is 0.272 e.